The van der Waals surface area contributed by atoms with E-state index in [4.69, 9.17) is 11.6 Å². The number of anilines is 1. The number of thioether (sulfide) groups is 1. The third-order valence-electron chi connectivity index (χ3n) is 4.44. The number of halogens is 4. The Morgan fingerprint density at radius 1 is 1.25 bits per heavy atom. The molecule has 0 saturated carbocycles. The maximum atomic E-state index is 13.3. The average molecular weight is 455 g/mol. The third-order valence-corrected chi connectivity index (χ3v) is 7.98. The normalized spacial score (nSPS) is 26.0. The number of aliphatic imine (C=N–C) groups is 1. The highest BCUT2D eigenvalue weighted by Crippen LogP contribution is 2.44. The first-order chi connectivity index (χ1) is 12.7. The molecule has 3 rings (SSSR count). The van der Waals surface area contributed by atoms with Gasteiger partial charge >= 0.3 is 6.18 Å². The number of carbonyl (C=O) groups is 1. The molecule has 0 N–H and O–H groups in total. The molecular weight excluding hydrogens is 437 g/mol. The second-order valence-electron chi connectivity index (χ2n) is 7.78. The molecule has 5 nitrogen and oxygen atoms in total. The van der Waals surface area contributed by atoms with Crippen LogP contribution in [-0.4, -0.2) is 42.3 Å². The molecule has 2 fully saturated rings. The van der Waals surface area contributed by atoms with E-state index in [1.165, 1.54) is 11.0 Å². The molecule has 1 aromatic carbocycles. The Kier molecular flexibility index (Phi) is 5.30. The van der Waals surface area contributed by atoms with Crippen LogP contribution in [0.1, 0.15) is 26.3 Å². The van der Waals surface area contributed by atoms with Crippen molar-refractivity contribution in [2.24, 2.45) is 10.4 Å². The predicted molar refractivity (Wildman–Crippen MR) is 105 cm³/mol. The molecule has 0 aliphatic carbocycles. The number of carbonyl (C=O) groups excluding carboxylic acids is 1. The molecule has 0 aromatic heterocycles. The molecule has 0 bridgehead atoms. The van der Waals surface area contributed by atoms with Crippen molar-refractivity contribution in [2.45, 2.75) is 38.2 Å². The first kappa shape index (κ1) is 21.4. The number of hydrogen-bond donors (Lipinski definition) is 0. The van der Waals surface area contributed by atoms with Crippen LogP contribution < -0.4 is 4.90 Å². The lowest BCUT2D eigenvalue weighted by Crippen LogP contribution is -2.38. The topological polar surface area (TPSA) is 66.8 Å². The Morgan fingerprint density at radius 2 is 1.89 bits per heavy atom. The van der Waals surface area contributed by atoms with Crippen molar-refractivity contribution in [3.05, 3.63) is 28.8 Å². The smallest absolute Gasteiger partial charge is 0.316 e. The van der Waals surface area contributed by atoms with Crippen molar-refractivity contribution >= 4 is 50.0 Å². The Bertz CT molecular complexity index is 955. The second kappa shape index (κ2) is 6.91. The predicted octanol–water partition coefficient (Wildman–Crippen LogP) is 4.01. The molecule has 11 heteroatoms. The zero-order chi connectivity index (χ0) is 21.1. The van der Waals surface area contributed by atoms with Gasteiger partial charge in [0, 0.05) is 16.4 Å². The lowest BCUT2D eigenvalue weighted by atomic mass is 9.96. The molecule has 2 saturated heterocycles. The van der Waals surface area contributed by atoms with Crippen LogP contribution >= 0.6 is 23.4 Å². The van der Waals surface area contributed by atoms with Crippen LogP contribution in [0.25, 0.3) is 0 Å². The standard InChI is InChI=1S/C17H18ClF3N2O3S2/c1-16(2,3)14(24)22-15-23(12-7-28(25,26)8-13(12)27-15)9-4-5-11(18)10(6-9)17(19,20)21/h4-6,12-13H,7-8H2,1-3H3/t12-,13+/m0/s1. The molecule has 2 heterocycles. The highest BCUT2D eigenvalue weighted by molar-refractivity contribution is 8.16. The van der Waals surface area contributed by atoms with Gasteiger partial charge in [0.2, 0.25) is 0 Å². The van der Waals surface area contributed by atoms with Crippen molar-refractivity contribution in [3.63, 3.8) is 0 Å². The first-order valence-electron chi connectivity index (χ1n) is 8.35. The van der Waals surface area contributed by atoms with Gasteiger partial charge in [0.1, 0.15) is 0 Å². The number of amides is 1. The Balaban J connectivity index is 2.10. The van der Waals surface area contributed by atoms with Gasteiger partial charge in [-0.2, -0.15) is 18.2 Å². The summed E-state index contributed by atoms with van der Waals surface area (Å²) in [7, 11) is -3.32. The Morgan fingerprint density at radius 3 is 2.46 bits per heavy atom. The number of fused-ring (bicyclic) bond motifs is 1. The highest BCUT2D eigenvalue weighted by atomic mass is 35.5. The van der Waals surface area contributed by atoms with Gasteiger partial charge in [-0.3, -0.25) is 4.79 Å². The zero-order valence-corrected chi connectivity index (χ0v) is 17.6. The second-order valence-corrected chi connectivity index (χ2v) is 11.5. The fraction of sp³-hybridized carbons (Fsp3) is 0.529. The number of alkyl halides is 3. The number of amidine groups is 1. The monoisotopic (exact) mass is 454 g/mol. The van der Waals surface area contributed by atoms with Crippen LogP contribution in [0.3, 0.4) is 0 Å². The zero-order valence-electron chi connectivity index (χ0n) is 15.2. The van der Waals surface area contributed by atoms with E-state index in [1.54, 1.807) is 20.8 Å². The summed E-state index contributed by atoms with van der Waals surface area (Å²) < 4.78 is 63.9. The van der Waals surface area contributed by atoms with Crippen LogP contribution in [-0.2, 0) is 20.8 Å². The van der Waals surface area contributed by atoms with Gasteiger partial charge in [-0.1, -0.05) is 44.1 Å². The molecule has 2 atom stereocenters. The lowest BCUT2D eigenvalue weighted by Gasteiger charge is -2.26. The van der Waals surface area contributed by atoms with E-state index in [9.17, 15) is 26.4 Å². The average Bonchev–Trinajstić information content (AvgIpc) is 2.97. The molecule has 2 aliphatic rings. The minimum absolute atomic E-state index is 0.106. The molecule has 2 aliphatic heterocycles. The van der Waals surface area contributed by atoms with Crippen LogP contribution in [0, 0.1) is 5.41 Å². The number of sulfone groups is 1. The molecular formula is C17H18ClF3N2O3S2. The third kappa shape index (κ3) is 4.18. The summed E-state index contributed by atoms with van der Waals surface area (Å²) in [6.45, 7) is 5.04. The quantitative estimate of drug-likeness (QED) is 0.641. The maximum Gasteiger partial charge on any atom is 0.417 e. The number of nitrogens with zero attached hydrogens (tertiary/aromatic N) is 2. The van der Waals surface area contributed by atoms with Gasteiger partial charge < -0.3 is 4.90 Å². The van der Waals surface area contributed by atoms with Crippen molar-refractivity contribution in [1.29, 1.82) is 0 Å². The molecule has 0 spiro atoms. The summed E-state index contributed by atoms with van der Waals surface area (Å²) in [6.07, 6.45) is -4.67. The summed E-state index contributed by atoms with van der Waals surface area (Å²) in [6, 6.07) is 2.77. The van der Waals surface area contributed by atoms with Gasteiger partial charge in [-0.15, -0.1) is 0 Å². The summed E-state index contributed by atoms with van der Waals surface area (Å²) in [5.41, 5.74) is -1.70. The van der Waals surface area contributed by atoms with Gasteiger partial charge in [0.15, 0.2) is 15.0 Å². The van der Waals surface area contributed by atoms with Crippen molar-refractivity contribution in [2.75, 3.05) is 16.4 Å². The largest absolute Gasteiger partial charge is 0.417 e. The van der Waals surface area contributed by atoms with Gasteiger partial charge in [-0.05, 0) is 18.2 Å². The van der Waals surface area contributed by atoms with Gasteiger partial charge in [-0.25, -0.2) is 8.42 Å². The van der Waals surface area contributed by atoms with Crippen LogP contribution in [0.5, 0.6) is 0 Å². The fourth-order valence-corrected chi connectivity index (χ4v) is 7.14. The van der Waals surface area contributed by atoms with Crippen LogP contribution in [0.4, 0.5) is 18.9 Å². The van der Waals surface area contributed by atoms with E-state index in [0.29, 0.717) is 0 Å². The summed E-state index contributed by atoms with van der Waals surface area (Å²) >= 11 is 6.81. The van der Waals surface area contributed by atoms with E-state index < -0.39 is 49.2 Å². The molecule has 28 heavy (non-hydrogen) atoms. The van der Waals surface area contributed by atoms with E-state index >= 15 is 0 Å². The SMILES string of the molecule is CC(C)(C)C(=O)N=C1S[C@@H]2CS(=O)(=O)C[C@@H]2N1c1ccc(Cl)c(C(F)(F)F)c1. The molecule has 1 aromatic rings. The molecule has 0 unspecified atom stereocenters. The van der Waals surface area contributed by atoms with E-state index in [2.05, 4.69) is 4.99 Å². The first-order valence-corrected chi connectivity index (χ1v) is 11.4. The van der Waals surface area contributed by atoms with Gasteiger partial charge in [0.05, 0.1) is 28.1 Å². The Labute approximate surface area is 170 Å². The summed E-state index contributed by atoms with van der Waals surface area (Å²) in [4.78, 5) is 17.9. The molecule has 154 valence electrons. The van der Waals surface area contributed by atoms with Crippen molar-refractivity contribution in [1.82, 2.24) is 0 Å². The van der Waals surface area contributed by atoms with Crippen LogP contribution in [0.15, 0.2) is 23.2 Å². The minimum Gasteiger partial charge on any atom is -0.316 e. The number of benzene rings is 1. The van der Waals surface area contributed by atoms with Crippen molar-refractivity contribution < 1.29 is 26.4 Å². The van der Waals surface area contributed by atoms with Gasteiger partial charge in [0.25, 0.3) is 5.91 Å². The molecule has 1 amide bonds. The summed E-state index contributed by atoms with van der Waals surface area (Å²) in [5, 5.41) is -0.648. The maximum absolute atomic E-state index is 13.3. The van der Waals surface area contributed by atoms with E-state index in [0.717, 1.165) is 23.9 Å². The molecule has 0 radical (unpaired) electrons. The van der Waals surface area contributed by atoms with E-state index in [-0.39, 0.29) is 22.4 Å². The number of rotatable bonds is 1. The highest BCUT2D eigenvalue weighted by Gasteiger charge is 2.50. The minimum atomic E-state index is -4.67. The van der Waals surface area contributed by atoms with Crippen molar-refractivity contribution in [3.8, 4) is 0 Å². The van der Waals surface area contributed by atoms with Crippen LogP contribution in [0.2, 0.25) is 5.02 Å². The van der Waals surface area contributed by atoms with E-state index in [1.807, 2.05) is 0 Å². The fourth-order valence-electron chi connectivity index (χ4n) is 3.00. The number of hydrogen-bond acceptors (Lipinski definition) is 4. The lowest BCUT2D eigenvalue weighted by molar-refractivity contribution is -0.137. The Hall–Kier alpha value is -1.26. The summed E-state index contributed by atoms with van der Waals surface area (Å²) in [5.74, 6) is -0.758.